The van der Waals surface area contributed by atoms with Gasteiger partial charge in [-0.3, -0.25) is 9.59 Å². The van der Waals surface area contributed by atoms with E-state index in [-0.39, 0.29) is 18.4 Å². The monoisotopic (exact) mass is 402 g/mol. The molecule has 30 heavy (non-hydrogen) atoms. The summed E-state index contributed by atoms with van der Waals surface area (Å²) in [7, 11) is 0. The molecule has 152 valence electrons. The lowest BCUT2D eigenvalue weighted by atomic mass is 10.0. The van der Waals surface area contributed by atoms with Crippen LogP contribution in [0.25, 0.3) is 10.8 Å². The first-order chi connectivity index (χ1) is 14.7. The zero-order valence-corrected chi connectivity index (χ0v) is 16.5. The smallest absolute Gasteiger partial charge is 0.265 e. The number of morpholine rings is 1. The Labute approximate surface area is 174 Å². The molecule has 0 radical (unpaired) electrons. The Balaban J connectivity index is 1.47. The van der Waals surface area contributed by atoms with E-state index in [1.165, 1.54) is 0 Å². The summed E-state index contributed by atoms with van der Waals surface area (Å²) in [6, 6.07) is 21.0. The summed E-state index contributed by atoms with van der Waals surface area (Å²) in [5.41, 5.74) is 1.27. The number of carbonyl (C=O) groups excluding carboxylic acids is 2. The maximum Gasteiger partial charge on any atom is 0.265 e. The fourth-order valence-electron chi connectivity index (χ4n) is 4.02. The number of amides is 2. The SMILES string of the molecule is O=C([C@H]1CN(C(=O)c2ccc3ccccc3c2)c2ccccc2O1)N1CCOCC1. The van der Waals surface area contributed by atoms with Gasteiger partial charge in [-0.25, -0.2) is 0 Å². The molecule has 1 fully saturated rings. The Kier molecular flexibility index (Phi) is 4.85. The molecule has 0 aromatic heterocycles. The van der Waals surface area contributed by atoms with Crippen LogP contribution in [0.15, 0.2) is 66.7 Å². The molecule has 0 saturated carbocycles. The molecule has 1 atom stereocenters. The fourth-order valence-corrected chi connectivity index (χ4v) is 4.02. The molecule has 0 unspecified atom stereocenters. The van der Waals surface area contributed by atoms with Crippen molar-refractivity contribution >= 4 is 28.3 Å². The number of anilines is 1. The van der Waals surface area contributed by atoms with E-state index in [0.29, 0.717) is 43.3 Å². The van der Waals surface area contributed by atoms with Crippen molar-refractivity contribution in [3.8, 4) is 5.75 Å². The number of fused-ring (bicyclic) bond motifs is 2. The molecular formula is C24H22N2O4. The average molecular weight is 402 g/mol. The molecule has 2 amide bonds. The minimum absolute atomic E-state index is 0.107. The summed E-state index contributed by atoms with van der Waals surface area (Å²) in [4.78, 5) is 29.9. The highest BCUT2D eigenvalue weighted by atomic mass is 16.5. The van der Waals surface area contributed by atoms with Gasteiger partial charge >= 0.3 is 0 Å². The maximum absolute atomic E-state index is 13.5. The van der Waals surface area contributed by atoms with Gasteiger partial charge in [0.15, 0.2) is 6.10 Å². The Hall–Kier alpha value is -3.38. The van der Waals surface area contributed by atoms with E-state index in [4.69, 9.17) is 9.47 Å². The van der Waals surface area contributed by atoms with Gasteiger partial charge in [-0.2, -0.15) is 0 Å². The van der Waals surface area contributed by atoms with Crippen LogP contribution in [0, 0.1) is 0 Å². The van der Waals surface area contributed by atoms with Crippen LogP contribution < -0.4 is 9.64 Å². The average Bonchev–Trinajstić information content (AvgIpc) is 2.82. The lowest BCUT2D eigenvalue weighted by molar-refractivity contribution is -0.142. The van der Waals surface area contributed by atoms with Crippen LogP contribution in [0.2, 0.25) is 0 Å². The molecular weight excluding hydrogens is 380 g/mol. The minimum atomic E-state index is -0.734. The van der Waals surface area contributed by atoms with Gasteiger partial charge in [0.2, 0.25) is 0 Å². The molecule has 0 aliphatic carbocycles. The Morgan fingerprint density at radius 2 is 1.60 bits per heavy atom. The van der Waals surface area contributed by atoms with Gasteiger partial charge in [-0.1, -0.05) is 42.5 Å². The Morgan fingerprint density at radius 1 is 0.867 bits per heavy atom. The summed E-state index contributed by atoms with van der Waals surface area (Å²) in [5.74, 6) is 0.296. The molecule has 3 aromatic rings. The summed E-state index contributed by atoms with van der Waals surface area (Å²) >= 11 is 0. The van der Waals surface area contributed by atoms with Crippen molar-refractivity contribution in [1.29, 1.82) is 0 Å². The topological polar surface area (TPSA) is 59.1 Å². The summed E-state index contributed by atoms with van der Waals surface area (Å²) in [5, 5.41) is 2.09. The number of para-hydroxylation sites is 2. The minimum Gasteiger partial charge on any atom is -0.476 e. The first kappa shape index (κ1) is 18.6. The van der Waals surface area contributed by atoms with Gasteiger partial charge in [0.25, 0.3) is 11.8 Å². The lowest BCUT2D eigenvalue weighted by Gasteiger charge is -2.37. The van der Waals surface area contributed by atoms with Crippen LogP contribution in [0.5, 0.6) is 5.75 Å². The Bertz CT molecular complexity index is 1110. The van der Waals surface area contributed by atoms with E-state index < -0.39 is 6.10 Å². The van der Waals surface area contributed by atoms with Crippen molar-refractivity contribution in [2.45, 2.75) is 6.10 Å². The molecule has 2 heterocycles. The third kappa shape index (κ3) is 3.39. The van der Waals surface area contributed by atoms with Crippen LogP contribution in [0.4, 0.5) is 5.69 Å². The number of carbonyl (C=O) groups is 2. The molecule has 0 N–H and O–H groups in total. The zero-order chi connectivity index (χ0) is 20.5. The number of hydrogen-bond acceptors (Lipinski definition) is 4. The second kappa shape index (κ2) is 7.80. The van der Waals surface area contributed by atoms with E-state index in [2.05, 4.69) is 0 Å². The first-order valence-electron chi connectivity index (χ1n) is 10.1. The van der Waals surface area contributed by atoms with Crippen molar-refractivity contribution in [1.82, 2.24) is 4.90 Å². The van der Waals surface area contributed by atoms with Gasteiger partial charge < -0.3 is 19.3 Å². The molecule has 3 aromatic carbocycles. The summed E-state index contributed by atoms with van der Waals surface area (Å²) in [6.07, 6.45) is -0.734. The molecule has 6 heteroatoms. The number of benzene rings is 3. The maximum atomic E-state index is 13.5. The van der Waals surface area contributed by atoms with Crippen LogP contribution in [-0.2, 0) is 9.53 Å². The lowest BCUT2D eigenvalue weighted by Crippen LogP contribution is -2.54. The molecule has 0 spiro atoms. The van der Waals surface area contributed by atoms with Gasteiger partial charge in [-0.05, 0) is 35.0 Å². The van der Waals surface area contributed by atoms with Gasteiger partial charge in [0.1, 0.15) is 5.75 Å². The predicted octanol–water partition coefficient (Wildman–Crippen LogP) is 3.11. The van der Waals surface area contributed by atoms with E-state index in [9.17, 15) is 9.59 Å². The van der Waals surface area contributed by atoms with Crippen LogP contribution in [0.1, 0.15) is 10.4 Å². The molecule has 5 rings (SSSR count). The molecule has 6 nitrogen and oxygen atoms in total. The quantitative estimate of drug-likeness (QED) is 0.661. The molecule has 2 aliphatic heterocycles. The standard InChI is InChI=1S/C24H22N2O4/c27-23(19-10-9-17-5-1-2-6-18(17)15-19)26-16-22(24(28)25-11-13-29-14-12-25)30-21-8-4-3-7-20(21)26/h1-10,15,22H,11-14,16H2/t22-/m1/s1. The van der Waals surface area contributed by atoms with E-state index in [1.54, 1.807) is 15.9 Å². The largest absolute Gasteiger partial charge is 0.476 e. The van der Waals surface area contributed by atoms with Crippen molar-refractivity contribution in [3.63, 3.8) is 0 Å². The van der Waals surface area contributed by atoms with E-state index >= 15 is 0 Å². The van der Waals surface area contributed by atoms with Gasteiger partial charge in [0, 0.05) is 18.7 Å². The zero-order valence-electron chi connectivity index (χ0n) is 16.5. The highest BCUT2D eigenvalue weighted by molar-refractivity contribution is 6.09. The number of ether oxygens (including phenoxy) is 2. The van der Waals surface area contributed by atoms with Crippen molar-refractivity contribution in [3.05, 3.63) is 72.3 Å². The number of rotatable bonds is 2. The normalized spacial score (nSPS) is 18.6. The first-order valence-corrected chi connectivity index (χ1v) is 10.1. The summed E-state index contributed by atoms with van der Waals surface area (Å²) in [6.45, 7) is 2.31. The number of hydrogen-bond donors (Lipinski definition) is 0. The molecule has 1 saturated heterocycles. The fraction of sp³-hybridized carbons (Fsp3) is 0.250. The van der Waals surface area contributed by atoms with Crippen molar-refractivity contribution in [2.75, 3.05) is 37.7 Å². The van der Waals surface area contributed by atoms with Gasteiger partial charge in [-0.15, -0.1) is 0 Å². The molecule has 2 aliphatic rings. The third-order valence-electron chi connectivity index (χ3n) is 5.61. The second-order valence-corrected chi connectivity index (χ2v) is 7.49. The van der Waals surface area contributed by atoms with E-state index in [0.717, 1.165) is 10.8 Å². The highest BCUT2D eigenvalue weighted by Gasteiger charge is 2.36. The number of nitrogens with zero attached hydrogens (tertiary/aromatic N) is 2. The molecule has 0 bridgehead atoms. The van der Waals surface area contributed by atoms with Crippen molar-refractivity contribution < 1.29 is 19.1 Å². The van der Waals surface area contributed by atoms with E-state index in [1.807, 2.05) is 60.7 Å². The van der Waals surface area contributed by atoms with Crippen LogP contribution in [0.3, 0.4) is 0 Å². The predicted molar refractivity (Wildman–Crippen MR) is 114 cm³/mol. The second-order valence-electron chi connectivity index (χ2n) is 7.49. The van der Waals surface area contributed by atoms with Crippen LogP contribution in [-0.4, -0.2) is 55.7 Å². The Morgan fingerprint density at radius 3 is 2.43 bits per heavy atom. The van der Waals surface area contributed by atoms with Crippen LogP contribution >= 0.6 is 0 Å². The summed E-state index contributed by atoms with van der Waals surface area (Å²) < 4.78 is 11.4. The third-order valence-corrected chi connectivity index (χ3v) is 5.61. The van der Waals surface area contributed by atoms with Crippen molar-refractivity contribution in [2.24, 2.45) is 0 Å². The van der Waals surface area contributed by atoms with Gasteiger partial charge in [0.05, 0.1) is 25.4 Å². The highest BCUT2D eigenvalue weighted by Crippen LogP contribution is 2.35.